The van der Waals surface area contributed by atoms with E-state index in [2.05, 4.69) is 9.97 Å². The molecule has 2 unspecified atom stereocenters. The molecule has 0 spiro atoms. The van der Waals surface area contributed by atoms with E-state index in [0.29, 0.717) is 0 Å². The summed E-state index contributed by atoms with van der Waals surface area (Å²) in [6.07, 6.45) is 5.94. The van der Waals surface area contributed by atoms with Crippen LogP contribution in [0.4, 0.5) is 0 Å². The molecule has 1 N–H and O–H groups in total. The second kappa shape index (κ2) is 4.94. The third kappa shape index (κ3) is 2.92. The number of hydrogen-bond donors (Lipinski definition) is 1. The van der Waals surface area contributed by atoms with E-state index in [9.17, 15) is 5.11 Å². The van der Waals surface area contributed by atoms with Crippen molar-refractivity contribution in [1.29, 1.82) is 0 Å². The van der Waals surface area contributed by atoms with Gasteiger partial charge in [-0.25, -0.2) is 9.97 Å². The van der Waals surface area contributed by atoms with Crippen molar-refractivity contribution in [1.82, 2.24) is 9.97 Å². The SMILES string of the molecule is Cc1ccnc(SC2CCCCC2O)n1. The zero-order valence-corrected chi connectivity index (χ0v) is 9.70. The molecule has 82 valence electrons. The Kier molecular flexibility index (Phi) is 3.59. The highest BCUT2D eigenvalue weighted by Crippen LogP contribution is 2.31. The van der Waals surface area contributed by atoms with E-state index in [1.165, 1.54) is 6.42 Å². The Morgan fingerprint density at radius 3 is 2.93 bits per heavy atom. The number of nitrogens with zero attached hydrogens (tertiary/aromatic N) is 2. The fourth-order valence-corrected chi connectivity index (χ4v) is 3.00. The standard InChI is InChI=1S/C11H16N2OS/c1-8-6-7-12-11(13-8)15-10-5-3-2-4-9(10)14/h6-7,9-10,14H,2-5H2,1H3. The molecule has 1 aliphatic carbocycles. The summed E-state index contributed by atoms with van der Waals surface area (Å²) in [6.45, 7) is 1.96. The average molecular weight is 224 g/mol. The number of rotatable bonds is 2. The van der Waals surface area contributed by atoms with Crippen LogP contribution in [0.1, 0.15) is 31.4 Å². The van der Waals surface area contributed by atoms with E-state index in [0.717, 1.165) is 30.1 Å². The van der Waals surface area contributed by atoms with Crippen molar-refractivity contribution in [2.75, 3.05) is 0 Å². The van der Waals surface area contributed by atoms with Crippen molar-refractivity contribution in [2.24, 2.45) is 0 Å². The quantitative estimate of drug-likeness (QED) is 0.782. The molecule has 2 atom stereocenters. The minimum Gasteiger partial charge on any atom is -0.392 e. The number of aliphatic hydroxyl groups is 1. The summed E-state index contributed by atoms with van der Waals surface area (Å²) < 4.78 is 0. The van der Waals surface area contributed by atoms with E-state index in [1.807, 2.05) is 13.0 Å². The predicted molar refractivity (Wildman–Crippen MR) is 60.9 cm³/mol. The topological polar surface area (TPSA) is 46.0 Å². The van der Waals surface area contributed by atoms with Gasteiger partial charge in [-0.1, -0.05) is 24.6 Å². The molecule has 0 radical (unpaired) electrons. The summed E-state index contributed by atoms with van der Waals surface area (Å²) in [5, 5.41) is 10.9. The van der Waals surface area contributed by atoms with Gasteiger partial charge < -0.3 is 5.11 Å². The second-order valence-corrected chi connectivity index (χ2v) is 5.20. The summed E-state index contributed by atoms with van der Waals surface area (Å²) in [7, 11) is 0. The third-order valence-electron chi connectivity index (χ3n) is 2.70. The van der Waals surface area contributed by atoms with Crippen LogP contribution >= 0.6 is 11.8 Å². The van der Waals surface area contributed by atoms with Crippen molar-refractivity contribution in [2.45, 2.75) is 49.1 Å². The molecule has 1 saturated carbocycles. The van der Waals surface area contributed by atoms with E-state index in [-0.39, 0.29) is 11.4 Å². The lowest BCUT2D eigenvalue weighted by Gasteiger charge is -2.26. The minimum atomic E-state index is -0.187. The molecule has 0 amide bonds. The molecule has 15 heavy (non-hydrogen) atoms. The Hall–Kier alpha value is -0.610. The zero-order valence-electron chi connectivity index (χ0n) is 8.89. The molecule has 0 aromatic carbocycles. The smallest absolute Gasteiger partial charge is 0.188 e. The van der Waals surface area contributed by atoms with Crippen molar-refractivity contribution in [3.63, 3.8) is 0 Å². The average Bonchev–Trinajstić information content (AvgIpc) is 2.22. The third-order valence-corrected chi connectivity index (χ3v) is 3.96. The summed E-state index contributed by atoms with van der Waals surface area (Å²) in [6, 6.07) is 1.89. The predicted octanol–water partition coefficient (Wildman–Crippen LogP) is 2.18. The molecule has 0 saturated heterocycles. The van der Waals surface area contributed by atoms with Gasteiger partial charge in [0.15, 0.2) is 5.16 Å². The van der Waals surface area contributed by atoms with E-state index in [4.69, 9.17) is 0 Å². The van der Waals surface area contributed by atoms with Gasteiger partial charge in [-0.15, -0.1) is 0 Å². The van der Waals surface area contributed by atoms with Crippen LogP contribution in [0.2, 0.25) is 0 Å². The maximum atomic E-state index is 9.82. The van der Waals surface area contributed by atoms with Crippen molar-refractivity contribution in [3.05, 3.63) is 18.0 Å². The van der Waals surface area contributed by atoms with Crippen LogP contribution in [-0.2, 0) is 0 Å². The van der Waals surface area contributed by atoms with Crippen LogP contribution in [0.3, 0.4) is 0 Å². The van der Waals surface area contributed by atoms with Gasteiger partial charge in [0.05, 0.1) is 6.10 Å². The van der Waals surface area contributed by atoms with Crippen molar-refractivity contribution >= 4 is 11.8 Å². The molecular formula is C11H16N2OS. The van der Waals surface area contributed by atoms with Gasteiger partial charge in [0, 0.05) is 17.1 Å². The maximum Gasteiger partial charge on any atom is 0.188 e. The normalized spacial score (nSPS) is 26.5. The number of aromatic nitrogens is 2. The highest BCUT2D eigenvalue weighted by atomic mass is 32.2. The first kappa shape index (κ1) is 10.9. The van der Waals surface area contributed by atoms with Gasteiger partial charge in [0.2, 0.25) is 0 Å². The van der Waals surface area contributed by atoms with Crippen molar-refractivity contribution in [3.8, 4) is 0 Å². The fraction of sp³-hybridized carbons (Fsp3) is 0.636. The van der Waals surface area contributed by atoms with E-state index >= 15 is 0 Å². The summed E-state index contributed by atoms with van der Waals surface area (Å²) >= 11 is 1.61. The van der Waals surface area contributed by atoms with Gasteiger partial charge >= 0.3 is 0 Å². The minimum absolute atomic E-state index is 0.187. The number of hydrogen-bond acceptors (Lipinski definition) is 4. The second-order valence-electron chi connectivity index (χ2n) is 3.99. The zero-order chi connectivity index (χ0) is 10.7. The molecule has 1 aliphatic rings. The Morgan fingerprint density at radius 2 is 2.20 bits per heavy atom. The van der Waals surface area contributed by atoms with Gasteiger partial charge in [0.1, 0.15) is 0 Å². The lowest BCUT2D eigenvalue weighted by atomic mass is 9.97. The Labute approximate surface area is 94.3 Å². The van der Waals surface area contributed by atoms with Crippen LogP contribution in [0.15, 0.2) is 17.4 Å². The number of thioether (sulfide) groups is 1. The van der Waals surface area contributed by atoms with Crippen LogP contribution in [-0.4, -0.2) is 26.4 Å². The maximum absolute atomic E-state index is 9.82. The molecule has 0 bridgehead atoms. The lowest BCUT2D eigenvalue weighted by Crippen LogP contribution is -2.26. The first-order valence-electron chi connectivity index (χ1n) is 5.40. The van der Waals surface area contributed by atoms with Crippen LogP contribution in [0, 0.1) is 6.92 Å². The van der Waals surface area contributed by atoms with Gasteiger partial charge in [-0.3, -0.25) is 0 Å². The first-order chi connectivity index (χ1) is 7.25. The summed E-state index contributed by atoms with van der Waals surface area (Å²) in [5.41, 5.74) is 0.984. The molecular weight excluding hydrogens is 208 g/mol. The Morgan fingerprint density at radius 1 is 1.40 bits per heavy atom. The molecule has 1 fully saturated rings. The molecule has 0 aliphatic heterocycles. The molecule has 4 heteroatoms. The summed E-state index contributed by atoms with van der Waals surface area (Å²) in [5.74, 6) is 0. The molecule has 2 rings (SSSR count). The Balaban J connectivity index is 2.01. The largest absolute Gasteiger partial charge is 0.392 e. The van der Waals surface area contributed by atoms with Gasteiger partial charge in [0.25, 0.3) is 0 Å². The van der Waals surface area contributed by atoms with E-state index < -0.39 is 0 Å². The molecule has 1 heterocycles. The first-order valence-corrected chi connectivity index (χ1v) is 6.28. The number of aliphatic hydroxyl groups excluding tert-OH is 1. The lowest BCUT2D eigenvalue weighted by molar-refractivity contribution is 0.137. The van der Waals surface area contributed by atoms with Crippen LogP contribution in [0.5, 0.6) is 0 Å². The molecule has 1 aromatic rings. The molecule has 1 aromatic heterocycles. The van der Waals surface area contributed by atoms with E-state index in [1.54, 1.807) is 18.0 Å². The van der Waals surface area contributed by atoms with Crippen LogP contribution < -0.4 is 0 Å². The van der Waals surface area contributed by atoms with Crippen LogP contribution in [0.25, 0.3) is 0 Å². The van der Waals surface area contributed by atoms with Gasteiger partial charge in [-0.05, 0) is 25.8 Å². The summed E-state index contributed by atoms with van der Waals surface area (Å²) in [4.78, 5) is 8.55. The number of aryl methyl sites for hydroxylation is 1. The Bertz CT molecular complexity index is 332. The fourth-order valence-electron chi connectivity index (χ4n) is 1.83. The monoisotopic (exact) mass is 224 g/mol. The molecule has 3 nitrogen and oxygen atoms in total. The highest BCUT2D eigenvalue weighted by Gasteiger charge is 2.24. The van der Waals surface area contributed by atoms with Gasteiger partial charge in [-0.2, -0.15) is 0 Å². The van der Waals surface area contributed by atoms with Crippen molar-refractivity contribution < 1.29 is 5.11 Å². The highest BCUT2D eigenvalue weighted by molar-refractivity contribution is 7.99.